The van der Waals surface area contributed by atoms with Crippen LogP contribution < -0.4 is 10.2 Å². The molecular formula is C14H14N2O2S. The van der Waals surface area contributed by atoms with Crippen LogP contribution in [0.4, 0.5) is 16.2 Å². The summed E-state index contributed by atoms with van der Waals surface area (Å²) in [6.45, 7) is 1.87. The van der Waals surface area contributed by atoms with Crippen molar-refractivity contribution in [1.29, 1.82) is 0 Å². The Bertz CT molecular complexity index is 569. The van der Waals surface area contributed by atoms with Gasteiger partial charge in [0, 0.05) is 17.9 Å². The van der Waals surface area contributed by atoms with Crippen molar-refractivity contribution in [3.63, 3.8) is 0 Å². The quantitative estimate of drug-likeness (QED) is 0.930. The Balaban J connectivity index is 1.71. The van der Waals surface area contributed by atoms with Crippen molar-refractivity contribution in [1.82, 2.24) is 0 Å². The number of benzene rings is 1. The van der Waals surface area contributed by atoms with Gasteiger partial charge in [0.05, 0.1) is 6.54 Å². The van der Waals surface area contributed by atoms with E-state index in [0.29, 0.717) is 13.2 Å². The van der Waals surface area contributed by atoms with Crippen molar-refractivity contribution in [2.75, 3.05) is 23.4 Å². The van der Waals surface area contributed by atoms with E-state index in [-0.39, 0.29) is 6.09 Å². The molecule has 1 aliphatic heterocycles. The lowest BCUT2D eigenvalue weighted by atomic mass is 10.2. The maximum atomic E-state index is 11.5. The molecule has 1 fully saturated rings. The second-order valence-electron chi connectivity index (χ2n) is 4.30. The van der Waals surface area contributed by atoms with Crippen LogP contribution in [0, 0.1) is 0 Å². The van der Waals surface area contributed by atoms with Crippen LogP contribution in [-0.4, -0.2) is 19.2 Å². The summed E-state index contributed by atoms with van der Waals surface area (Å²) >= 11 is 1.69. The van der Waals surface area contributed by atoms with Gasteiger partial charge in [-0.1, -0.05) is 6.07 Å². The predicted molar refractivity (Wildman–Crippen MR) is 76.8 cm³/mol. The molecule has 0 atom stereocenters. The average Bonchev–Trinajstić information content (AvgIpc) is 3.08. The van der Waals surface area contributed by atoms with E-state index in [0.717, 1.165) is 17.9 Å². The minimum absolute atomic E-state index is 0.269. The Morgan fingerprint density at radius 1 is 1.37 bits per heavy atom. The maximum absolute atomic E-state index is 11.5. The number of nitrogens with one attached hydrogen (secondary N) is 1. The van der Waals surface area contributed by atoms with Crippen LogP contribution >= 0.6 is 11.3 Å². The maximum Gasteiger partial charge on any atom is 0.414 e. The van der Waals surface area contributed by atoms with Crippen LogP contribution in [0.2, 0.25) is 0 Å². The van der Waals surface area contributed by atoms with Gasteiger partial charge in [-0.3, -0.25) is 4.90 Å². The van der Waals surface area contributed by atoms with Crippen LogP contribution in [0.3, 0.4) is 0 Å². The van der Waals surface area contributed by atoms with E-state index in [1.807, 2.05) is 24.3 Å². The lowest BCUT2D eigenvalue weighted by Crippen LogP contribution is -2.23. The Hall–Kier alpha value is -2.01. The molecule has 0 radical (unpaired) electrons. The largest absolute Gasteiger partial charge is 0.447 e. The molecule has 5 heteroatoms. The number of cyclic esters (lactones) is 1. The molecule has 0 unspecified atom stereocenters. The number of carbonyl (C=O) groups is 1. The van der Waals surface area contributed by atoms with E-state index in [2.05, 4.69) is 22.1 Å². The first-order chi connectivity index (χ1) is 9.33. The summed E-state index contributed by atoms with van der Waals surface area (Å²) in [4.78, 5) is 13.2. The van der Waals surface area contributed by atoms with Crippen LogP contribution in [0.5, 0.6) is 0 Å². The number of nitrogens with zero attached hydrogens (tertiary/aromatic N) is 1. The molecular weight excluding hydrogens is 260 g/mol. The highest BCUT2D eigenvalue weighted by Gasteiger charge is 2.23. The molecule has 0 bridgehead atoms. The molecule has 1 aromatic heterocycles. The van der Waals surface area contributed by atoms with E-state index < -0.39 is 0 Å². The summed E-state index contributed by atoms with van der Waals surface area (Å²) in [5.74, 6) is 0. The summed E-state index contributed by atoms with van der Waals surface area (Å²) in [6.07, 6.45) is -0.269. The Kier molecular flexibility index (Phi) is 3.37. The van der Waals surface area contributed by atoms with E-state index in [9.17, 15) is 4.79 Å². The van der Waals surface area contributed by atoms with Crippen molar-refractivity contribution < 1.29 is 9.53 Å². The second-order valence-corrected chi connectivity index (χ2v) is 5.08. The van der Waals surface area contributed by atoms with Crippen LogP contribution in [0.15, 0.2) is 41.1 Å². The number of ether oxygens (including phenoxy) is 1. The summed E-state index contributed by atoms with van der Waals surface area (Å²) in [6, 6.07) is 9.93. The molecule has 2 aromatic rings. The summed E-state index contributed by atoms with van der Waals surface area (Å²) in [7, 11) is 0. The molecule has 3 rings (SSSR count). The van der Waals surface area contributed by atoms with Crippen molar-refractivity contribution in [2.24, 2.45) is 0 Å². The lowest BCUT2D eigenvalue weighted by molar-refractivity contribution is 0.181. The SMILES string of the molecule is O=C1OCCN1c1cccc(NCc2ccsc2)c1. The number of carbonyl (C=O) groups excluding carboxylic acids is 1. The number of hydrogen-bond acceptors (Lipinski definition) is 4. The molecule has 2 heterocycles. The smallest absolute Gasteiger partial charge is 0.414 e. The Morgan fingerprint density at radius 3 is 3.05 bits per heavy atom. The zero-order valence-electron chi connectivity index (χ0n) is 10.3. The molecule has 1 aromatic carbocycles. The third kappa shape index (κ3) is 2.71. The van der Waals surface area contributed by atoms with Gasteiger partial charge in [-0.25, -0.2) is 4.79 Å². The average molecular weight is 274 g/mol. The fourth-order valence-corrected chi connectivity index (χ4v) is 2.68. The van der Waals surface area contributed by atoms with Gasteiger partial charge < -0.3 is 10.1 Å². The zero-order chi connectivity index (χ0) is 13.1. The van der Waals surface area contributed by atoms with Crippen molar-refractivity contribution in [2.45, 2.75) is 6.54 Å². The number of anilines is 2. The van der Waals surface area contributed by atoms with Gasteiger partial charge in [0.15, 0.2) is 0 Å². The second kappa shape index (κ2) is 5.32. The van der Waals surface area contributed by atoms with Gasteiger partial charge in [-0.05, 0) is 40.6 Å². The first kappa shape index (κ1) is 12.0. The molecule has 4 nitrogen and oxygen atoms in total. The molecule has 1 amide bonds. The van der Waals surface area contributed by atoms with E-state index in [1.54, 1.807) is 16.2 Å². The normalized spacial score (nSPS) is 14.5. The Morgan fingerprint density at radius 2 is 2.32 bits per heavy atom. The van der Waals surface area contributed by atoms with E-state index >= 15 is 0 Å². The molecule has 0 saturated carbocycles. The minimum atomic E-state index is -0.269. The third-order valence-corrected chi connectivity index (χ3v) is 3.73. The molecule has 1 N–H and O–H groups in total. The molecule has 0 spiro atoms. The highest BCUT2D eigenvalue weighted by atomic mass is 32.1. The molecule has 98 valence electrons. The molecule has 0 aliphatic carbocycles. The van der Waals surface area contributed by atoms with Gasteiger partial charge in [-0.15, -0.1) is 0 Å². The highest BCUT2D eigenvalue weighted by molar-refractivity contribution is 7.07. The fraction of sp³-hybridized carbons (Fsp3) is 0.214. The summed E-state index contributed by atoms with van der Waals surface area (Å²) in [5, 5.41) is 7.54. The van der Waals surface area contributed by atoms with Gasteiger partial charge in [0.25, 0.3) is 0 Å². The molecule has 1 saturated heterocycles. The summed E-state index contributed by atoms with van der Waals surface area (Å²) < 4.78 is 4.95. The van der Waals surface area contributed by atoms with Crippen molar-refractivity contribution in [3.05, 3.63) is 46.7 Å². The van der Waals surface area contributed by atoms with Crippen molar-refractivity contribution in [3.8, 4) is 0 Å². The fourth-order valence-electron chi connectivity index (χ4n) is 2.01. The van der Waals surface area contributed by atoms with Crippen molar-refractivity contribution >= 4 is 28.8 Å². The summed E-state index contributed by atoms with van der Waals surface area (Å²) in [5.41, 5.74) is 3.14. The van der Waals surface area contributed by atoms with Gasteiger partial charge in [0.2, 0.25) is 0 Å². The number of hydrogen-bond donors (Lipinski definition) is 1. The minimum Gasteiger partial charge on any atom is -0.447 e. The van der Waals surface area contributed by atoms with E-state index in [4.69, 9.17) is 4.74 Å². The van der Waals surface area contributed by atoms with Crippen LogP contribution in [0.1, 0.15) is 5.56 Å². The standard InChI is InChI=1S/C14H14N2O2S/c17-14-16(5-6-18-14)13-3-1-2-12(8-13)15-9-11-4-7-19-10-11/h1-4,7-8,10,15H,5-6,9H2. The van der Waals surface area contributed by atoms with Gasteiger partial charge >= 0.3 is 6.09 Å². The predicted octanol–water partition coefficient (Wildman–Crippen LogP) is 3.32. The molecule has 19 heavy (non-hydrogen) atoms. The number of rotatable bonds is 4. The zero-order valence-corrected chi connectivity index (χ0v) is 11.2. The first-order valence-electron chi connectivity index (χ1n) is 6.12. The van der Waals surface area contributed by atoms with Crippen LogP contribution in [0.25, 0.3) is 0 Å². The highest BCUT2D eigenvalue weighted by Crippen LogP contribution is 2.22. The Labute approximate surface area is 115 Å². The van der Waals surface area contributed by atoms with E-state index in [1.165, 1.54) is 5.56 Å². The number of amides is 1. The molecule has 1 aliphatic rings. The monoisotopic (exact) mass is 274 g/mol. The third-order valence-electron chi connectivity index (χ3n) is 3.00. The topological polar surface area (TPSA) is 41.6 Å². The lowest BCUT2D eigenvalue weighted by Gasteiger charge is -2.14. The van der Waals surface area contributed by atoms with Gasteiger partial charge in [0.1, 0.15) is 6.61 Å². The van der Waals surface area contributed by atoms with Crippen LogP contribution in [-0.2, 0) is 11.3 Å². The van der Waals surface area contributed by atoms with Gasteiger partial charge in [-0.2, -0.15) is 11.3 Å². The first-order valence-corrected chi connectivity index (χ1v) is 7.06. The number of thiophene rings is 1.